The molecule has 158 valence electrons. The van der Waals surface area contributed by atoms with Crippen molar-refractivity contribution in [3.8, 4) is 0 Å². The Morgan fingerprint density at radius 3 is 2.13 bits per heavy atom. The number of nitro benzene ring substituents is 1. The molecule has 0 unspecified atom stereocenters. The molecule has 2 aromatic rings. The minimum absolute atomic E-state index is 0.0884. The van der Waals surface area contributed by atoms with Crippen molar-refractivity contribution < 1.29 is 14.5 Å². The molecule has 2 N–H and O–H groups in total. The lowest BCUT2D eigenvalue weighted by atomic mass is 10.1. The van der Waals surface area contributed by atoms with E-state index in [1.165, 1.54) is 12.1 Å². The number of carbonyl (C=O) groups excluding carboxylic acids is 2. The number of rotatable bonds is 6. The summed E-state index contributed by atoms with van der Waals surface area (Å²) < 4.78 is 0. The van der Waals surface area contributed by atoms with Gasteiger partial charge < -0.3 is 15.5 Å². The fraction of sp³-hybridized carbons (Fsp3) is 0.364. The molecule has 1 aliphatic heterocycles. The van der Waals surface area contributed by atoms with E-state index in [4.69, 9.17) is 0 Å². The van der Waals surface area contributed by atoms with Gasteiger partial charge in [0, 0.05) is 42.5 Å². The van der Waals surface area contributed by atoms with Crippen molar-refractivity contribution in [2.75, 3.05) is 28.6 Å². The maximum Gasteiger partial charge on any atom is 0.270 e. The Morgan fingerprint density at radius 2 is 1.57 bits per heavy atom. The van der Waals surface area contributed by atoms with Crippen LogP contribution in [0.4, 0.5) is 22.7 Å². The molecule has 8 nitrogen and oxygen atoms in total. The van der Waals surface area contributed by atoms with E-state index >= 15 is 0 Å². The van der Waals surface area contributed by atoms with Gasteiger partial charge in [-0.15, -0.1) is 0 Å². The van der Waals surface area contributed by atoms with Crippen molar-refractivity contribution in [1.29, 1.82) is 0 Å². The molecular formula is C22H26N4O4. The van der Waals surface area contributed by atoms with Crippen molar-refractivity contribution in [2.24, 2.45) is 5.92 Å². The fourth-order valence-electron chi connectivity index (χ4n) is 3.35. The molecule has 1 aliphatic rings. The SMILES string of the molecule is CC(C)C(=O)Nc1ccc(NC(=O)c2cc([N+](=O)[O-])ccc2N2CCCCC2)cc1. The van der Waals surface area contributed by atoms with Gasteiger partial charge in [-0.2, -0.15) is 0 Å². The van der Waals surface area contributed by atoms with Crippen molar-refractivity contribution >= 4 is 34.6 Å². The number of nitrogens with zero attached hydrogens (tertiary/aromatic N) is 2. The molecule has 0 saturated carbocycles. The van der Waals surface area contributed by atoms with Gasteiger partial charge >= 0.3 is 0 Å². The summed E-state index contributed by atoms with van der Waals surface area (Å²) in [6.07, 6.45) is 3.20. The van der Waals surface area contributed by atoms with Gasteiger partial charge in [-0.25, -0.2) is 0 Å². The van der Waals surface area contributed by atoms with Gasteiger partial charge in [0.05, 0.1) is 16.2 Å². The molecule has 0 aromatic heterocycles. The van der Waals surface area contributed by atoms with Gasteiger partial charge in [0.15, 0.2) is 0 Å². The first-order valence-corrected chi connectivity index (χ1v) is 10.1. The number of hydrogen-bond acceptors (Lipinski definition) is 5. The molecule has 3 rings (SSSR count). The quantitative estimate of drug-likeness (QED) is 0.541. The van der Waals surface area contributed by atoms with Crippen molar-refractivity contribution in [2.45, 2.75) is 33.1 Å². The Kier molecular flexibility index (Phi) is 6.66. The molecule has 1 heterocycles. The largest absolute Gasteiger partial charge is 0.371 e. The van der Waals surface area contributed by atoms with Crippen LogP contribution < -0.4 is 15.5 Å². The van der Waals surface area contributed by atoms with Crippen LogP contribution in [0.25, 0.3) is 0 Å². The second-order valence-corrected chi connectivity index (χ2v) is 7.68. The van der Waals surface area contributed by atoms with Crippen molar-refractivity contribution in [3.63, 3.8) is 0 Å². The predicted molar refractivity (Wildman–Crippen MR) is 117 cm³/mol. The van der Waals surface area contributed by atoms with E-state index in [0.717, 1.165) is 32.4 Å². The summed E-state index contributed by atoms with van der Waals surface area (Å²) in [5, 5.41) is 16.8. The molecule has 0 spiro atoms. The van der Waals surface area contributed by atoms with Crippen LogP contribution >= 0.6 is 0 Å². The normalized spacial score (nSPS) is 13.8. The van der Waals surface area contributed by atoms with Crippen LogP contribution in [0.2, 0.25) is 0 Å². The van der Waals surface area contributed by atoms with E-state index in [1.807, 2.05) is 13.8 Å². The predicted octanol–water partition coefficient (Wildman–Crippen LogP) is 4.43. The van der Waals surface area contributed by atoms with E-state index in [9.17, 15) is 19.7 Å². The third-order valence-electron chi connectivity index (χ3n) is 5.07. The topological polar surface area (TPSA) is 105 Å². The van der Waals surface area contributed by atoms with E-state index < -0.39 is 10.8 Å². The summed E-state index contributed by atoms with van der Waals surface area (Å²) in [5.74, 6) is -0.626. The van der Waals surface area contributed by atoms with Crippen LogP contribution in [0.1, 0.15) is 43.5 Å². The molecule has 8 heteroatoms. The van der Waals surface area contributed by atoms with Gasteiger partial charge in [-0.3, -0.25) is 19.7 Å². The number of anilines is 3. The number of nitrogens with one attached hydrogen (secondary N) is 2. The van der Waals surface area contributed by atoms with Crippen LogP contribution in [0.5, 0.6) is 0 Å². The van der Waals surface area contributed by atoms with Gasteiger partial charge in [0.25, 0.3) is 11.6 Å². The molecule has 2 amide bonds. The Balaban J connectivity index is 1.80. The van der Waals surface area contributed by atoms with Crippen LogP contribution in [-0.2, 0) is 4.79 Å². The van der Waals surface area contributed by atoms with E-state index in [-0.39, 0.29) is 23.1 Å². The van der Waals surface area contributed by atoms with Crippen molar-refractivity contribution in [1.82, 2.24) is 0 Å². The summed E-state index contributed by atoms with van der Waals surface area (Å²) in [6, 6.07) is 11.2. The summed E-state index contributed by atoms with van der Waals surface area (Å²) in [7, 11) is 0. The highest BCUT2D eigenvalue weighted by molar-refractivity contribution is 6.08. The zero-order valence-electron chi connectivity index (χ0n) is 17.2. The molecule has 2 aromatic carbocycles. The number of nitro groups is 1. The Bertz CT molecular complexity index is 935. The number of hydrogen-bond donors (Lipinski definition) is 2. The number of piperidine rings is 1. The summed E-state index contributed by atoms with van der Waals surface area (Å²) in [5.41, 5.74) is 2.05. The zero-order valence-corrected chi connectivity index (χ0v) is 17.2. The van der Waals surface area contributed by atoms with Crippen LogP contribution in [-0.4, -0.2) is 29.8 Å². The fourth-order valence-corrected chi connectivity index (χ4v) is 3.35. The van der Waals surface area contributed by atoms with Crippen LogP contribution in [0, 0.1) is 16.0 Å². The average molecular weight is 410 g/mol. The molecule has 1 saturated heterocycles. The highest BCUT2D eigenvalue weighted by atomic mass is 16.6. The average Bonchev–Trinajstić information content (AvgIpc) is 2.75. The van der Waals surface area contributed by atoms with Crippen molar-refractivity contribution in [3.05, 3.63) is 58.1 Å². The minimum atomic E-state index is -0.497. The molecule has 30 heavy (non-hydrogen) atoms. The monoisotopic (exact) mass is 410 g/mol. The standard InChI is InChI=1S/C22H26N4O4/c1-15(2)21(27)23-16-6-8-17(9-7-16)24-22(28)19-14-18(26(29)30)10-11-20(19)25-12-4-3-5-13-25/h6-11,14-15H,3-5,12-13H2,1-2H3,(H,23,27)(H,24,28). The first-order valence-electron chi connectivity index (χ1n) is 10.1. The lowest BCUT2D eigenvalue weighted by molar-refractivity contribution is -0.384. The van der Waals surface area contributed by atoms with Gasteiger partial charge in [-0.05, 0) is 49.6 Å². The molecular weight excluding hydrogens is 384 g/mol. The highest BCUT2D eigenvalue weighted by Gasteiger charge is 2.22. The third-order valence-corrected chi connectivity index (χ3v) is 5.07. The van der Waals surface area contributed by atoms with Gasteiger partial charge in [0.1, 0.15) is 0 Å². The number of benzene rings is 2. The van der Waals surface area contributed by atoms with Crippen LogP contribution in [0.15, 0.2) is 42.5 Å². The first-order chi connectivity index (χ1) is 14.3. The maximum atomic E-state index is 13.0. The Labute approximate surface area is 175 Å². The van der Waals surface area contributed by atoms with Gasteiger partial charge in [-0.1, -0.05) is 13.8 Å². The van der Waals surface area contributed by atoms with Gasteiger partial charge in [0.2, 0.25) is 5.91 Å². The van der Waals surface area contributed by atoms with Crippen LogP contribution in [0.3, 0.4) is 0 Å². The third kappa shape index (κ3) is 5.14. The summed E-state index contributed by atoms with van der Waals surface area (Å²) >= 11 is 0. The molecule has 0 atom stereocenters. The minimum Gasteiger partial charge on any atom is -0.371 e. The molecule has 0 aliphatic carbocycles. The van der Waals surface area contributed by atoms with E-state index in [0.29, 0.717) is 17.1 Å². The molecule has 0 bridgehead atoms. The second kappa shape index (κ2) is 9.39. The number of non-ortho nitro benzene ring substituents is 1. The highest BCUT2D eigenvalue weighted by Crippen LogP contribution is 2.29. The van der Waals surface area contributed by atoms with E-state index in [2.05, 4.69) is 15.5 Å². The lowest BCUT2D eigenvalue weighted by Crippen LogP contribution is -2.31. The zero-order chi connectivity index (χ0) is 21.7. The molecule has 1 fully saturated rings. The Morgan fingerprint density at radius 1 is 0.967 bits per heavy atom. The van der Waals surface area contributed by atoms with E-state index in [1.54, 1.807) is 30.3 Å². The first kappa shape index (κ1) is 21.3. The summed E-state index contributed by atoms with van der Waals surface area (Å²) in [4.78, 5) is 37.6. The number of carbonyl (C=O) groups is 2. The molecule has 0 radical (unpaired) electrons. The Hall–Kier alpha value is -3.42. The summed E-state index contributed by atoms with van der Waals surface area (Å²) in [6.45, 7) is 5.26. The number of amides is 2. The maximum absolute atomic E-state index is 13.0. The smallest absolute Gasteiger partial charge is 0.270 e. The second-order valence-electron chi connectivity index (χ2n) is 7.68. The lowest BCUT2D eigenvalue weighted by Gasteiger charge is -2.30.